The maximum Gasteiger partial charge on any atom is 0.255 e. The van der Waals surface area contributed by atoms with E-state index in [1.54, 1.807) is 29.2 Å². The molecule has 172 valence electrons. The molecule has 0 atom stereocenters. The SMILES string of the molecule is Cc1ccc(C)c(N(CCCC(=O)Nc2ccccc2C(=O)N2CCCC2)S(C)(=O)=O)c1. The van der Waals surface area contributed by atoms with Crippen LogP contribution in [-0.2, 0) is 14.8 Å². The molecule has 1 fully saturated rings. The molecular weight excluding hydrogens is 426 g/mol. The number of hydrogen-bond donors (Lipinski definition) is 1. The standard InChI is InChI=1S/C24H31N3O4S/c1-18-12-13-19(2)22(17-18)27(32(3,30)31)16-8-11-23(28)25-21-10-5-4-9-20(21)24(29)26-14-6-7-15-26/h4-5,9-10,12-13,17H,6-8,11,14-16H2,1-3H3,(H,25,28). The fraction of sp³-hybridized carbons (Fsp3) is 0.417. The zero-order valence-electron chi connectivity index (χ0n) is 18.9. The van der Waals surface area contributed by atoms with Crippen molar-refractivity contribution in [2.75, 3.05) is 35.5 Å². The Kier molecular flexibility index (Phi) is 7.56. The Morgan fingerprint density at radius 3 is 2.44 bits per heavy atom. The summed E-state index contributed by atoms with van der Waals surface area (Å²) >= 11 is 0. The summed E-state index contributed by atoms with van der Waals surface area (Å²) in [5.74, 6) is -0.322. The molecule has 1 saturated heterocycles. The minimum Gasteiger partial charge on any atom is -0.339 e. The van der Waals surface area contributed by atoms with Crippen LogP contribution in [0.15, 0.2) is 42.5 Å². The number of carbonyl (C=O) groups excluding carboxylic acids is 2. The summed E-state index contributed by atoms with van der Waals surface area (Å²) in [7, 11) is -3.49. The van der Waals surface area contributed by atoms with Crippen LogP contribution in [0.3, 0.4) is 0 Å². The molecule has 32 heavy (non-hydrogen) atoms. The van der Waals surface area contributed by atoms with Gasteiger partial charge >= 0.3 is 0 Å². The molecule has 0 bridgehead atoms. The van der Waals surface area contributed by atoms with E-state index in [1.165, 1.54) is 10.6 Å². The Hall–Kier alpha value is -2.87. The second-order valence-electron chi connectivity index (χ2n) is 8.32. The van der Waals surface area contributed by atoms with Crippen molar-refractivity contribution in [3.05, 3.63) is 59.2 Å². The van der Waals surface area contributed by atoms with Gasteiger partial charge in [-0.05, 0) is 62.4 Å². The molecule has 3 rings (SSSR count). The van der Waals surface area contributed by atoms with Crippen LogP contribution in [0.25, 0.3) is 0 Å². The number of nitrogens with zero attached hydrogens (tertiary/aromatic N) is 2. The minimum absolute atomic E-state index is 0.0726. The molecule has 0 radical (unpaired) electrons. The summed E-state index contributed by atoms with van der Waals surface area (Å²) in [6, 6.07) is 12.7. The second kappa shape index (κ2) is 10.2. The minimum atomic E-state index is -3.49. The number of benzene rings is 2. The van der Waals surface area contributed by atoms with Crippen LogP contribution in [0, 0.1) is 13.8 Å². The van der Waals surface area contributed by atoms with Crippen molar-refractivity contribution in [1.82, 2.24) is 4.90 Å². The predicted molar refractivity (Wildman–Crippen MR) is 128 cm³/mol. The first-order valence-electron chi connectivity index (χ1n) is 10.9. The Morgan fingerprint density at radius 1 is 1.06 bits per heavy atom. The number of hydrogen-bond acceptors (Lipinski definition) is 4. The lowest BCUT2D eigenvalue weighted by atomic mass is 10.1. The van der Waals surface area contributed by atoms with Crippen LogP contribution in [0.1, 0.15) is 47.2 Å². The van der Waals surface area contributed by atoms with Gasteiger partial charge in [0.2, 0.25) is 15.9 Å². The van der Waals surface area contributed by atoms with Crippen LogP contribution < -0.4 is 9.62 Å². The lowest BCUT2D eigenvalue weighted by Crippen LogP contribution is -2.32. The van der Waals surface area contributed by atoms with E-state index in [1.807, 2.05) is 32.0 Å². The van der Waals surface area contributed by atoms with Crippen LogP contribution in [0.4, 0.5) is 11.4 Å². The van der Waals surface area contributed by atoms with Crippen molar-refractivity contribution in [2.45, 2.75) is 39.5 Å². The number of aryl methyl sites for hydroxylation is 2. The van der Waals surface area contributed by atoms with Crippen LogP contribution in [-0.4, -0.2) is 51.0 Å². The van der Waals surface area contributed by atoms with Gasteiger partial charge in [-0.25, -0.2) is 8.42 Å². The molecule has 2 aromatic rings. The molecule has 7 nitrogen and oxygen atoms in total. The van der Waals surface area contributed by atoms with Gasteiger partial charge in [-0.15, -0.1) is 0 Å². The third-order valence-corrected chi connectivity index (χ3v) is 6.80. The first kappa shape index (κ1) is 23.8. The molecular formula is C24H31N3O4S. The highest BCUT2D eigenvalue weighted by molar-refractivity contribution is 7.92. The van der Waals surface area contributed by atoms with Gasteiger partial charge in [0.25, 0.3) is 5.91 Å². The molecule has 1 heterocycles. The second-order valence-corrected chi connectivity index (χ2v) is 10.2. The van der Waals surface area contributed by atoms with E-state index < -0.39 is 10.0 Å². The highest BCUT2D eigenvalue weighted by Crippen LogP contribution is 2.25. The number of carbonyl (C=O) groups is 2. The average molecular weight is 458 g/mol. The molecule has 0 aliphatic carbocycles. The maximum atomic E-state index is 12.8. The van der Waals surface area contributed by atoms with Gasteiger partial charge < -0.3 is 10.2 Å². The molecule has 1 N–H and O–H groups in total. The predicted octanol–water partition coefficient (Wildman–Crippen LogP) is 3.72. The van der Waals surface area contributed by atoms with Gasteiger partial charge in [-0.2, -0.15) is 0 Å². The normalized spacial score (nSPS) is 13.8. The summed E-state index contributed by atoms with van der Waals surface area (Å²) in [6.45, 7) is 5.46. The fourth-order valence-electron chi connectivity index (χ4n) is 3.92. The number of amides is 2. The zero-order valence-corrected chi connectivity index (χ0v) is 19.7. The van der Waals surface area contributed by atoms with Crippen molar-refractivity contribution in [2.24, 2.45) is 0 Å². The van der Waals surface area contributed by atoms with Gasteiger partial charge in [0, 0.05) is 26.1 Å². The number of anilines is 2. The number of likely N-dealkylation sites (tertiary alicyclic amines) is 1. The van der Waals surface area contributed by atoms with Gasteiger partial charge in [0.05, 0.1) is 23.2 Å². The third-order valence-electron chi connectivity index (χ3n) is 5.62. The van der Waals surface area contributed by atoms with E-state index in [0.29, 0.717) is 23.4 Å². The lowest BCUT2D eigenvalue weighted by molar-refractivity contribution is -0.116. The molecule has 2 amide bonds. The van der Waals surface area contributed by atoms with E-state index in [-0.39, 0.29) is 24.8 Å². The Balaban J connectivity index is 1.65. The molecule has 0 spiro atoms. The highest BCUT2D eigenvalue weighted by atomic mass is 32.2. The van der Waals surface area contributed by atoms with Crippen LogP contribution >= 0.6 is 0 Å². The molecule has 2 aromatic carbocycles. The molecule has 1 aliphatic heterocycles. The maximum absolute atomic E-state index is 12.8. The van der Waals surface area contributed by atoms with Crippen molar-refractivity contribution in [3.63, 3.8) is 0 Å². The fourth-order valence-corrected chi connectivity index (χ4v) is 4.93. The summed E-state index contributed by atoms with van der Waals surface area (Å²) < 4.78 is 26.1. The number of nitrogens with one attached hydrogen (secondary N) is 1. The Labute approximate surface area is 190 Å². The van der Waals surface area contributed by atoms with Crippen molar-refractivity contribution >= 4 is 33.2 Å². The smallest absolute Gasteiger partial charge is 0.255 e. The Bertz CT molecular complexity index is 1090. The van der Waals surface area contributed by atoms with Crippen LogP contribution in [0.5, 0.6) is 0 Å². The van der Waals surface area contributed by atoms with E-state index in [0.717, 1.165) is 37.1 Å². The van der Waals surface area contributed by atoms with Crippen molar-refractivity contribution < 1.29 is 18.0 Å². The third kappa shape index (κ3) is 5.88. The summed E-state index contributed by atoms with van der Waals surface area (Å²) in [4.78, 5) is 27.2. The number of para-hydroxylation sites is 1. The topological polar surface area (TPSA) is 86.8 Å². The van der Waals surface area contributed by atoms with Gasteiger partial charge in [-0.1, -0.05) is 24.3 Å². The average Bonchev–Trinajstić information content (AvgIpc) is 3.27. The quantitative estimate of drug-likeness (QED) is 0.654. The first-order chi connectivity index (χ1) is 15.2. The van der Waals surface area contributed by atoms with E-state index >= 15 is 0 Å². The first-order valence-corrected chi connectivity index (χ1v) is 12.7. The monoisotopic (exact) mass is 457 g/mol. The zero-order chi connectivity index (χ0) is 23.3. The van der Waals surface area contributed by atoms with Crippen LogP contribution in [0.2, 0.25) is 0 Å². The summed E-state index contributed by atoms with van der Waals surface area (Å²) in [5.41, 5.74) is 3.44. The highest BCUT2D eigenvalue weighted by Gasteiger charge is 2.23. The molecule has 0 aromatic heterocycles. The molecule has 0 unspecified atom stereocenters. The molecule has 8 heteroatoms. The summed E-state index contributed by atoms with van der Waals surface area (Å²) in [5, 5.41) is 2.83. The van der Waals surface area contributed by atoms with E-state index in [2.05, 4.69) is 5.32 Å². The van der Waals surface area contributed by atoms with Gasteiger partial charge in [0.1, 0.15) is 0 Å². The van der Waals surface area contributed by atoms with Gasteiger partial charge in [-0.3, -0.25) is 13.9 Å². The lowest BCUT2D eigenvalue weighted by Gasteiger charge is -2.24. The summed E-state index contributed by atoms with van der Waals surface area (Å²) in [6.07, 6.45) is 3.67. The Morgan fingerprint density at radius 2 is 1.75 bits per heavy atom. The number of rotatable bonds is 8. The van der Waals surface area contributed by atoms with E-state index in [9.17, 15) is 18.0 Å². The largest absolute Gasteiger partial charge is 0.339 e. The van der Waals surface area contributed by atoms with Gasteiger partial charge in [0.15, 0.2) is 0 Å². The molecule has 0 saturated carbocycles. The molecule has 1 aliphatic rings. The van der Waals surface area contributed by atoms with Crippen molar-refractivity contribution in [3.8, 4) is 0 Å². The van der Waals surface area contributed by atoms with E-state index in [4.69, 9.17) is 0 Å². The van der Waals surface area contributed by atoms with Crippen molar-refractivity contribution in [1.29, 1.82) is 0 Å². The number of sulfonamides is 1.